The van der Waals surface area contributed by atoms with Crippen molar-refractivity contribution in [1.29, 1.82) is 0 Å². The molecule has 1 N–H and O–H groups in total. The van der Waals surface area contributed by atoms with Gasteiger partial charge in [0.2, 0.25) is 0 Å². The molecule has 0 saturated carbocycles. The van der Waals surface area contributed by atoms with Crippen molar-refractivity contribution < 1.29 is 9.53 Å². The van der Waals surface area contributed by atoms with Gasteiger partial charge in [0.05, 0.1) is 0 Å². The Morgan fingerprint density at radius 2 is 1.64 bits per heavy atom. The van der Waals surface area contributed by atoms with Gasteiger partial charge in [0.1, 0.15) is 5.60 Å². The lowest BCUT2D eigenvalue weighted by Gasteiger charge is -2.19. The Morgan fingerprint density at radius 1 is 1.00 bits per heavy atom. The van der Waals surface area contributed by atoms with Crippen LogP contribution in [0.2, 0.25) is 0 Å². The van der Waals surface area contributed by atoms with Crippen molar-refractivity contribution in [2.45, 2.75) is 39.2 Å². The topological polar surface area (TPSA) is 38.3 Å². The largest absolute Gasteiger partial charge is 0.444 e. The molecule has 0 bridgehead atoms. The van der Waals surface area contributed by atoms with Gasteiger partial charge in [-0.3, -0.25) is 0 Å². The van der Waals surface area contributed by atoms with Crippen LogP contribution in [0.1, 0.15) is 43.9 Å². The van der Waals surface area contributed by atoms with E-state index < -0.39 is 5.60 Å². The summed E-state index contributed by atoms with van der Waals surface area (Å²) in [6, 6.07) is 19.0. The van der Waals surface area contributed by atoms with Crippen LogP contribution in [0.25, 0.3) is 6.08 Å². The van der Waals surface area contributed by atoms with E-state index in [1.165, 1.54) is 11.1 Å². The summed E-state index contributed by atoms with van der Waals surface area (Å²) in [7, 11) is 0. The highest BCUT2D eigenvalue weighted by Gasteiger charge is 2.15. The molecule has 132 valence electrons. The Labute approximate surface area is 150 Å². The standard InChI is InChI=1S/C22H27NO2/c1-22(2,3)25-21(24)23-16-8-7-9-18-12-14-20(15-13-18)17-19-10-5-4-6-11-19/h4-7,9-15H,8,16-17H2,1-3H3,(H,23,24). The van der Waals surface area contributed by atoms with E-state index in [9.17, 15) is 4.79 Å². The summed E-state index contributed by atoms with van der Waals surface area (Å²) in [5, 5.41) is 2.75. The first-order chi connectivity index (χ1) is 11.9. The van der Waals surface area contributed by atoms with E-state index in [1.807, 2.05) is 26.8 Å². The lowest BCUT2D eigenvalue weighted by atomic mass is 10.0. The average molecular weight is 337 g/mol. The van der Waals surface area contributed by atoms with E-state index >= 15 is 0 Å². The Bertz CT molecular complexity index is 682. The van der Waals surface area contributed by atoms with Crippen molar-refractivity contribution in [3.05, 3.63) is 77.4 Å². The quantitative estimate of drug-likeness (QED) is 0.735. The maximum absolute atomic E-state index is 11.5. The Balaban J connectivity index is 1.73. The number of alkyl carbamates (subject to hydrolysis) is 1. The Hall–Kier alpha value is -2.55. The van der Waals surface area contributed by atoms with E-state index in [2.05, 4.69) is 66.0 Å². The number of carbonyl (C=O) groups is 1. The fourth-order valence-electron chi connectivity index (χ4n) is 2.37. The van der Waals surface area contributed by atoms with Crippen LogP contribution in [0.3, 0.4) is 0 Å². The van der Waals surface area contributed by atoms with Crippen LogP contribution in [0.5, 0.6) is 0 Å². The second kappa shape index (κ2) is 9.07. The lowest BCUT2D eigenvalue weighted by molar-refractivity contribution is 0.0529. The summed E-state index contributed by atoms with van der Waals surface area (Å²) in [6.45, 7) is 6.13. The van der Waals surface area contributed by atoms with Gasteiger partial charge in [-0.15, -0.1) is 0 Å². The van der Waals surface area contributed by atoms with Gasteiger partial charge >= 0.3 is 6.09 Å². The van der Waals surface area contributed by atoms with Crippen LogP contribution in [-0.2, 0) is 11.2 Å². The van der Waals surface area contributed by atoms with Gasteiger partial charge in [-0.25, -0.2) is 4.79 Å². The number of amides is 1. The molecule has 0 fully saturated rings. The monoisotopic (exact) mass is 337 g/mol. The van der Waals surface area contributed by atoms with Crippen molar-refractivity contribution in [3.63, 3.8) is 0 Å². The van der Waals surface area contributed by atoms with Gasteiger partial charge in [-0.05, 0) is 50.3 Å². The molecule has 2 rings (SSSR count). The Morgan fingerprint density at radius 3 is 2.28 bits per heavy atom. The van der Waals surface area contributed by atoms with E-state index in [1.54, 1.807) is 0 Å². The summed E-state index contributed by atoms with van der Waals surface area (Å²) in [6.07, 6.45) is 5.48. The summed E-state index contributed by atoms with van der Waals surface area (Å²) >= 11 is 0. The zero-order valence-corrected chi connectivity index (χ0v) is 15.3. The van der Waals surface area contributed by atoms with Gasteiger partial charge < -0.3 is 10.1 Å². The van der Waals surface area contributed by atoms with Crippen molar-refractivity contribution in [2.75, 3.05) is 6.54 Å². The highest BCUT2D eigenvalue weighted by atomic mass is 16.6. The number of hydrogen-bond acceptors (Lipinski definition) is 2. The van der Waals surface area contributed by atoms with E-state index in [0.29, 0.717) is 6.54 Å². The second-order valence-electron chi connectivity index (χ2n) is 7.02. The van der Waals surface area contributed by atoms with Crippen molar-refractivity contribution in [2.24, 2.45) is 0 Å². The molecular formula is C22H27NO2. The smallest absolute Gasteiger partial charge is 0.407 e. The van der Waals surface area contributed by atoms with Gasteiger partial charge in [0.15, 0.2) is 0 Å². The number of carbonyl (C=O) groups excluding carboxylic acids is 1. The number of nitrogens with one attached hydrogen (secondary N) is 1. The molecule has 0 saturated heterocycles. The predicted octanol–water partition coefficient (Wildman–Crippen LogP) is 5.21. The molecule has 3 heteroatoms. The minimum Gasteiger partial charge on any atom is -0.444 e. The van der Waals surface area contributed by atoms with Gasteiger partial charge in [0.25, 0.3) is 0 Å². The van der Waals surface area contributed by atoms with Crippen LogP contribution in [-0.4, -0.2) is 18.2 Å². The second-order valence-corrected chi connectivity index (χ2v) is 7.02. The number of ether oxygens (including phenoxy) is 1. The SMILES string of the molecule is CC(C)(C)OC(=O)NCCC=Cc1ccc(Cc2ccccc2)cc1. The molecule has 3 nitrogen and oxygen atoms in total. The normalized spacial score (nSPS) is 11.5. The molecule has 25 heavy (non-hydrogen) atoms. The minimum atomic E-state index is -0.457. The third-order valence-electron chi connectivity index (χ3n) is 3.52. The molecule has 0 aromatic heterocycles. The lowest BCUT2D eigenvalue weighted by Crippen LogP contribution is -2.32. The zero-order valence-electron chi connectivity index (χ0n) is 15.3. The van der Waals surface area contributed by atoms with Gasteiger partial charge in [-0.2, -0.15) is 0 Å². The third kappa shape index (κ3) is 7.71. The highest BCUT2D eigenvalue weighted by Crippen LogP contribution is 2.12. The first-order valence-electron chi connectivity index (χ1n) is 8.69. The number of benzene rings is 2. The van der Waals surface area contributed by atoms with Gasteiger partial charge in [0, 0.05) is 6.54 Å². The number of hydrogen-bond donors (Lipinski definition) is 1. The first-order valence-corrected chi connectivity index (χ1v) is 8.69. The molecule has 0 spiro atoms. The maximum Gasteiger partial charge on any atom is 0.407 e. The molecule has 1 amide bonds. The van der Waals surface area contributed by atoms with Crippen LogP contribution in [0.4, 0.5) is 4.79 Å². The molecule has 0 atom stereocenters. The van der Waals surface area contributed by atoms with E-state index in [0.717, 1.165) is 18.4 Å². The van der Waals surface area contributed by atoms with Crippen LogP contribution in [0.15, 0.2) is 60.7 Å². The molecule has 2 aromatic rings. The summed E-state index contributed by atoms with van der Waals surface area (Å²) in [5.74, 6) is 0. The van der Waals surface area contributed by atoms with Crippen LogP contribution in [0, 0.1) is 0 Å². The zero-order chi connectivity index (χ0) is 18.1. The summed E-state index contributed by atoms with van der Waals surface area (Å²) in [4.78, 5) is 11.5. The van der Waals surface area contributed by atoms with Crippen molar-refractivity contribution in [3.8, 4) is 0 Å². The van der Waals surface area contributed by atoms with E-state index in [4.69, 9.17) is 4.74 Å². The van der Waals surface area contributed by atoms with Gasteiger partial charge in [-0.1, -0.05) is 66.7 Å². The summed E-state index contributed by atoms with van der Waals surface area (Å²) in [5.41, 5.74) is 3.32. The third-order valence-corrected chi connectivity index (χ3v) is 3.52. The fraction of sp³-hybridized carbons (Fsp3) is 0.318. The average Bonchev–Trinajstić information content (AvgIpc) is 2.55. The van der Waals surface area contributed by atoms with Crippen molar-refractivity contribution in [1.82, 2.24) is 5.32 Å². The van der Waals surface area contributed by atoms with E-state index in [-0.39, 0.29) is 6.09 Å². The fourth-order valence-corrected chi connectivity index (χ4v) is 2.37. The first kappa shape index (κ1) is 18.8. The van der Waals surface area contributed by atoms with Crippen LogP contribution >= 0.6 is 0 Å². The minimum absolute atomic E-state index is 0.369. The molecule has 0 radical (unpaired) electrons. The van der Waals surface area contributed by atoms with Crippen LogP contribution < -0.4 is 5.32 Å². The predicted molar refractivity (Wildman–Crippen MR) is 104 cm³/mol. The summed E-state index contributed by atoms with van der Waals surface area (Å²) < 4.78 is 5.19. The maximum atomic E-state index is 11.5. The molecule has 0 unspecified atom stereocenters. The molecule has 2 aromatic carbocycles. The Kier molecular flexibility index (Phi) is 6.81. The molecule has 0 aliphatic carbocycles. The molecule has 0 aliphatic heterocycles. The molecule has 0 heterocycles. The van der Waals surface area contributed by atoms with Crippen molar-refractivity contribution >= 4 is 12.2 Å². The molecular weight excluding hydrogens is 310 g/mol. The molecule has 0 aliphatic rings. The highest BCUT2D eigenvalue weighted by molar-refractivity contribution is 5.67. The number of rotatable bonds is 6.